The molecule has 2 rings (SSSR count). The van der Waals surface area contributed by atoms with E-state index in [1.807, 2.05) is 43.5 Å². The highest BCUT2D eigenvalue weighted by molar-refractivity contribution is 5.52. The fraction of sp³-hybridized carbons (Fsp3) is 0.286. The summed E-state index contributed by atoms with van der Waals surface area (Å²) in [6.07, 6.45) is 1.87. The number of hydrogen-bond donors (Lipinski definition) is 1. The van der Waals surface area contributed by atoms with Crippen LogP contribution < -0.4 is 5.32 Å². The molecule has 0 saturated carbocycles. The zero-order valence-electron chi connectivity index (χ0n) is 10.4. The molecule has 2 aromatic rings. The van der Waals surface area contributed by atoms with Crippen LogP contribution >= 0.6 is 0 Å². The van der Waals surface area contributed by atoms with Gasteiger partial charge in [0, 0.05) is 11.9 Å². The van der Waals surface area contributed by atoms with Gasteiger partial charge in [-0.15, -0.1) is 0 Å². The molecule has 3 heteroatoms. The summed E-state index contributed by atoms with van der Waals surface area (Å²) in [5.74, 6) is 1.07. The van der Waals surface area contributed by atoms with Crippen molar-refractivity contribution in [1.82, 2.24) is 9.97 Å². The molecule has 0 aliphatic carbocycles. The van der Waals surface area contributed by atoms with E-state index in [1.165, 1.54) is 0 Å². The molecule has 88 valence electrons. The minimum absolute atomic E-state index is 0.411. The van der Waals surface area contributed by atoms with Crippen molar-refractivity contribution in [1.29, 1.82) is 0 Å². The summed E-state index contributed by atoms with van der Waals surface area (Å²) in [5, 5.41) is 3.20. The minimum Gasteiger partial charge on any atom is -0.324 e. The normalized spacial score (nSPS) is 10.6. The summed E-state index contributed by atoms with van der Waals surface area (Å²) in [6.45, 7) is 6.32. The molecule has 0 aliphatic rings. The molecule has 0 saturated heterocycles. The van der Waals surface area contributed by atoms with Crippen LogP contribution in [0.25, 0.3) is 0 Å². The van der Waals surface area contributed by atoms with Gasteiger partial charge in [-0.05, 0) is 30.5 Å². The number of nitrogens with zero attached hydrogens (tertiary/aromatic N) is 2. The zero-order chi connectivity index (χ0) is 12.3. The molecule has 0 radical (unpaired) electrons. The first-order valence-corrected chi connectivity index (χ1v) is 5.82. The summed E-state index contributed by atoms with van der Waals surface area (Å²) >= 11 is 0. The molecular weight excluding hydrogens is 210 g/mol. The van der Waals surface area contributed by atoms with Crippen molar-refractivity contribution in [2.45, 2.75) is 26.7 Å². The molecule has 0 aliphatic heterocycles. The van der Waals surface area contributed by atoms with E-state index in [9.17, 15) is 0 Å². The van der Waals surface area contributed by atoms with Crippen LogP contribution in [0, 0.1) is 6.92 Å². The third kappa shape index (κ3) is 2.81. The maximum absolute atomic E-state index is 4.54. The van der Waals surface area contributed by atoms with Crippen molar-refractivity contribution < 1.29 is 0 Å². The van der Waals surface area contributed by atoms with Crippen LogP contribution in [0.5, 0.6) is 0 Å². The Hall–Kier alpha value is -1.90. The summed E-state index contributed by atoms with van der Waals surface area (Å²) in [6, 6.07) is 9.96. The van der Waals surface area contributed by atoms with Crippen LogP contribution in [0.4, 0.5) is 11.6 Å². The third-order valence-electron chi connectivity index (χ3n) is 2.59. The Balaban J connectivity index is 2.26. The number of anilines is 2. The lowest BCUT2D eigenvalue weighted by atomic mass is 10.1. The second-order valence-electron chi connectivity index (χ2n) is 4.41. The van der Waals surface area contributed by atoms with Gasteiger partial charge in [0.15, 0.2) is 0 Å². The van der Waals surface area contributed by atoms with E-state index >= 15 is 0 Å². The number of rotatable bonds is 3. The predicted octanol–water partition coefficient (Wildman–Crippen LogP) is 3.65. The second-order valence-corrected chi connectivity index (χ2v) is 4.41. The van der Waals surface area contributed by atoms with Crippen LogP contribution in [-0.2, 0) is 0 Å². The fourth-order valence-electron chi connectivity index (χ4n) is 1.75. The number of aryl methyl sites for hydroxylation is 1. The summed E-state index contributed by atoms with van der Waals surface area (Å²) in [5.41, 5.74) is 3.24. The van der Waals surface area contributed by atoms with Gasteiger partial charge in [-0.2, -0.15) is 0 Å². The molecule has 0 bridgehead atoms. The number of benzene rings is 1. The second kappa shape index (κ2) is 4.95. The lowest BCUT2D eigenvalue weighted by molar-refractivity contribution is 0.804. The number of aromatic nitrogens is 2. The standard InChI is InChI=1S/C14H17N3/c1-10(2)13-11(3)9-15-14(17-13)16-12-7-5-4-6-8-12/h4-10H,1-3H3,(H,15,16,17). The molecule has 1 heterocycles. The topological polar surface area (TPSA) is 37.8 Å². The zero-order valence-corrected chi connectivity index (χ0v) is 10.4. The number of nitrogens with one attached hydrogen (secondary N) is 1. The van der Waals surface area contributed by atoms with Crippen molar-refractivity contribution in [3.05, 3.63) is 47.8 Å². The van der Waals surface area contributed by atoms with Crippen molar-refractivity contribution >= 4 is 11.6 Å². The van der Waals surface area contributed by atoms with E-state index in [0.717, 1.165) is 16.9 Å². The van der Waals surface area contributed by atoms with Gasteiger partial charge in [0.25, 0.3) is 0 Å². The Morgan fingerprint density at radius 3 is 2.47 bits per heavy atom. The highest BCUT2D eigenvalue weighted by Crippen LogP contribution is 2.19. The lowest BCUT2D eigenvalue weighted by Gasteiger charge is -2.11. The van der Waals surface area contributed by atoms with Gasteiger partial charge in [0.05, 0.1) is 5.69 Å². The van der Waals surface area contributed by atoms with E-state index in [4.69, 9.17) is 0 Å². The summed E-state index contributed by atoms with van der Waals surface area (Å²) < 4.78 is 0. The molecule has 1 N–H and O–H groups in total. The van der Waals surface area contributed by atoms with Gasteiger partial charge < -0.3 is 5.32 Å². The Morgan fingerprint density at radius 2 is 1.82 bits per heavy atom. The molecular formula is C14H17N3. The number of hydrogen-bond acceptors (Lipinski definition) is 3. The molecule has 0 spiro atoms. The van der Waals surface area contributed by atoms with E-state index in [2.05, 4.69) is 29.1 Å². The van der Waals surface area contributed by atoms with E-state index in [1.54, 1.807) is 0 Å². The van der Waals surface area contributed by atoms with Crippen LogP contribution in [0.1, 0.15) is 31.0 Å². The van der Waals surface area contributed by atoms with Crippen LogP contribution in [0.2, 0.25) is 0 Å². The van der Waals surface area contributed by atoms with Crippen LogP contribution in [0.15, 0.2) is 36.5 Å². The molecule has 0 amide bonds. The predicted molar refractivity (Wildman–Crippen MR) is 70.6 cm³/mol. The highest BCUT2D eigenvalue weighted by Gasteiger charge is 2.07. The first kappa shape index (κ1) is 11.6. The smallest absolute Gasteiger partial charge is 0.227 e. The van der Waals surface area contributed by atoms with E-state index in [-0.39, 0.29) is 0 Å². The van der Waals surface area contributed by atoms with Crippen molar-refractivity contribution in [3.8, 4) is 0 Å². The summed E-state index contributed by atoms with van der Waals surface area (Å²) in [4.78, 5) is 8.84. The SMILES string of the molecule is Cc1cnc(Nc2ccccc2)nc1C(C)C. The average molecular weight is 227 g/mol. The van der Waals surface area contributed by atoms with Gasteiger partial charge >= 0.3 is 0 Å². The molecule has 0 unspecified atom stereocenters. The monoisotopic (exact) mass is 227 g/mol. The average Bonchev–Trinajstić information content (AvgIpc) is 2.32. The van der Waals surface area contributed by atoms with Crippen LogP contribution in [-0.4, -0.2) is 9.97 Å². The first-order chi connectivity index (χ1) is 8.16. The maximum Gasteiger partial charge on any atom is 0.227 e. The molecule has 1 aromatic carbocycles. The highest BCUT2D eigenvalue weighted by atomic mass is 15.1. The van der Waals surface area contributed by atoms with E-state index in [0.29, 0.717) is 11.9 Å². The van der Waals surface area contributed by atoms with Gasteiger partial charge in [0.2, 0.25) is 5.95 Å². The molecule has 3 nitrogen and oxygen atoms in total. The Bertz CT molecular complexity index is 492. The maximum atomic E-state index is 4.54. The Morgan fingerprint density at radius 1 is 1.12 bits per heavy atom. The largest absolute Gasteiger partial charge is 0.324 e. The molecule has 17 heavy (non-hydrogen) atoms. The van der Waals surface area contributed by atoms with Gasteiger partial charge in [-0.1, -0.05) is 32.0 Å². The molecule has 1 aromatic heterocycles. The van der Waals surface area contributed by atoms with Crippen molar-refractivity contribution in [3.63, 3.8) is 0 Å². The van der Waals surface area contributed by atoms with Crippen molar-refractivity contribution in [2.75, 3.05) is 5.32 Å². The number of para-hydroxylation sites is 1. The lowest BCUT2D eigenvalue weighted by Crippen LogP contribution is -2.03. The van der Waals surface area contributed by atoms with Crippen LogP contribution in [0.3, 0.4) is 0 Å². The molecule has 0 fully saturated rings. The fourth-order valence-corrected chi connectivity index (χ4v) is 1.75. The Kier molecular flexibility index (Phi) is 3.38. The van der Waals surface area contributed by atoms with Gasteiger partial charge in [0.1, 0.15) is 0 Å². The van der Waals surface area contributed by atoms with Crippen molar-refractivity contribution in [2.24, 2.45) is 0 Å². The Labute approximate surface area is 102 Å². The van der Waals surface area contributed by atoms with Gasteiger partial charge in [-0.3, -0.25) is 0 Å². The minimum atomic E-state index is 0.411. The molecule has 0 atom stereocenters. The third-order valence-corrected chi connectivity index (χ3v) is 2.59. The summed E-state index contributed by atoms with van der Waals surface area (Å²) in [7, 11) is 0. The first-order valence-electron chi connectivity index (χ1n) is 5.82. The van der Waals surface area contributed by atoms with Gasteiger partial charge in [-0.25, -0.2) is 9.97 Å². The van der Waals surface area contributed by atoms with E-state index < -0.39 is 0 Å². The quantitative estimate of drug-likeness (QED) is 0.869.